The minimum absolute atomic E-state index is 0.575. The Morgan fingerprint density at radius 3 is 2.94 bits per heavy atom. The third-order valence-electron chi connectivity index (χ3n) is 2.19. The molecular weight excluding hydrogens is 274 g/mol. The standard InChI is InChI=1S/C11H14BrNO3/c12-9-6-8(14-3-1-2-13)7-10-11(9)16-5-4-15-10/h6-7H,1-5,13H2. The number of benzene rings is 1. The van der Waals surface area contributed by atoms with Gasteiger partial charge in [0, 0.05) is 6.07 Å². The van der Waals surface area contributed by atoms with Gasteiger partial charge in [0.25, 0.3) is 0 Å². The van der Waals surface area contributed by atoms with Gasteiger partial charge in [-0.2, -0.15) is 0 Å². The molecule has 1 heterocycles. The average Bonchev–Trinajstić information content (AvgIpc) is 2.30. The summed E-state index contributed by atoms with van der Waals surface area (Å²) in [6.07, 6.45) is 0.839. The van der Waals surface area contributed by atoms with Crippen LogP contribution in [-0.2, 0) is 0 Å². The summed E-state index contributed by atoms with van der Waals surface area (Å²) >= 11 is 3.43. The minimum Gasteiger partial charge on any atom is -0.493 e. The third kappa shape index (κ3) is 2.59. The highest BCUT2D eigenvalue weighted by Crippen LogP contribution is 2.40. The van der Waals surface area contributed by atoms with Crippen molar-refractivity contribution < 1.29 is 14.2 Å². The van der Waals surface area contributed by atoms with E-state index in [-0.39, 0.29) is 0 Å². The lowest BCUT2D eigenvalue weighted by molar-refractivity contribution is 0.169. The molecule has 0 saturated carbocycles. The first kappa shape index (κ1) is 11.5. The van der Waals surface area contributed by atoms with E-state index in [0.29, 0.717) is 26.4 Å². The van der Waals surface area contributed by atoms with Gasteiger partial charge < -0.3 is 19.9 Å². The van der Waals surface area contributed by atoms with Crippen LogP contribution in [-0.4, -0.2) is 26.4 Å². The van der Waals surface area contributed by atoms with E-state index in [1.54, 1.807) is 0 Å². The van der Waals surface area contributed by atoms with E-state index in [1.165, 1.54) is 0 Å². The Labute approximate surface area is 103 Å². The normalized spacial score (nSPS) is 13.6. The maximum atomic E-state index is 5.55. The Hall–Kier alpha value is -0.940. The summed E-state index contributed by atoms with van der Waals surface area (Å²) in [5.41, 5.74) is 5.40. The molecule has 0 aromatic heterocycles. The number of ether oxygens (including phenoxy) is 3. The second kappa shape index (κ2) is 5.41. The zero-order chi connectivity index (χ0) is 11.4. The van der Waals surface area contributed by atoms with E-state index in [9.17, 15) is 0 Å². The van der Waals surface area contributed by atoms with Gasteiger partial charge in [-0.05, 0) is 35.0 Å². The molecule has 4 nitrogen and oxygen atoms in total. The molecule has 0 aliphatic carbocycles. The van der Waals surface area contributed by atoms with Crippen molar-refractivity contribution in [1.29, 1.82) is 0 Å². The Morgan fingerprint density at radius 2 is 2.12 bits per heavy atom. The predicted octanol–water partition coefficient (Wildman–Crippen LogP) is 1.95. The van der Waals surface area contributed by atoms with Gasteiger partial charge in [0.2, 0.25) is 0 Å². The number of halogens is 1. The van der Waals surface area contributed by atoms with Crippen molar-refractivity contribution in [3.63, 3.8) is 0 Å². The van der Waals surface area contributed by atoms with Crippen LogP contribution in [0.25, 0.3) is 0 Å². The van der Waals surface area contributed by atoms with Crippen molar-refractivity contribution in [3.8, 4) is 17.2 Å². The highest BCUT2D eigenvalue weighted by atomic mass is 79.9. The van der Waals surface area contributed by atoms with Crippen LogP contribution in [0.15, 0.2) is 16.6 Å². The first-order chi connectivity index (χ1) is 7.81. The van der Waals surface area contributed by atoms with Crippen LogP contribution in [0.5, 0.6) is 17.2 Å². The maximum Gasteiger partial charge on any atom is 0.175 e. The van der Waals surface area contributed by atoms with E-state index < -0.39 is 0 Å². The molecule has 2 rings (SSSR count). The van der Waals surface area contributed by atoms with Crippen LogP contribution in [0.3, 0.4) is 0 Å². The van der Waals surface area contributed by atoms with Gasteiger partial charge in [0.05, 0.1) is 11.1 Å². The zero-order valence-electron chi connectivity index (χ0n) is 8.87. The summed E-state index contributed by atoms with van der Waals surface area (Å²) in [4.78, 5) is 0. The van der Waals surface area contributed by atoms with Gasteiger partial charge in [0.15, 0.2) is 11.5 Å². The fourth-order valence-electron chi connectivity index (χ4n) is 1.44. The Balaban J connectivity index is 2.12. The molecular formula is C11H14BrNO3. The number of nitrogens with two attached hydrogens (primary N) is 1. The Kier molecular flexibility index (Phi) is 3.90. The van der Waals surface area contributed by atoms with Crippen molar-refractivity contribution in [3.05, 3.63) is 16.6 Å². The quantitative estimate of drug-likeness (QED) is 0.860. The zero-order valence-corrected chi connectivity index (χ0v) is 10.5. The van der Waals surface area contributed by atoms with E-state index in [1.807, 2.05) is 12.1 Å². The molecule has 0 amide bonds. The fraction of sp³-hybridized carbons (Fsp3) is 0.455. The van der Waals surface area contributed by atoms with Crippen molar-refractivity contribution >= 4 is 15.9 Å². The van der Waals surface area contributed by atoms with Crippen LogP contribution >= 0.6 is 15.9 Å². The SMILES string of the molecule is NCCCOc1cc(Br)c2c(c1)OCCO2. The molecule has 5 heteroatoms. The lowest BCUT2D eigenvalue weighted by Gasteiger charge is -2.20. The predicted molar refractivity (Wildman–Crippen MR) is 64.3 cm³/mol. The first-order valence-corrected chi connectivity index (χ1v) is 6.02. The van der Waals surface area contributed by atoms with E-state index in [4.69, 9.17) is 19.9 Å². The Bertz CT molecular complexity index is 370. The summed E-state index contributed by atoms with van der Waals surface area (Å²) in [5, 5.41) is 0. The summed E-state index contributed by atoms with van der Waals surface area (Å²) in [6.45, 7) is 2.40. The van der Waals surface area contributed by atoms with E-state index in [0.717, 1.165) is 28.1 Å². The number of fused-ring (bicyclic) bond motifs is 1. The van der Waals surface area contributed by atoms with Crippen LogP contribution in [0.2, 0.25) is 0 Å². The average molecular weight is 288 g/mol. The van der Waals surface area contributed by atoms with Crippen LogP contribution in [0.1, 0.15) is 6.42 Å². The van der Waals surface area contributed by atoms with Gasteiger partial charge in [-0.25, -0.2) is 0 Å². The molecule has 2 N–H and O–H groups in total. The van der Waals surface area contributed by atoms with Crippen LogP contribution in [0.4, 0.5) is 0 Å². The van der Waals surface area contributed by atoms with Gasteiger partial charge in [-0.1, -0.05) is 0 Å². The molecule has 1 aliphatic rings. The fourth-order valence-corrected chi connectivity index (χ4v) is 1.98. The van der Waals surface area contributed by atoms with Crippen LogP contribution < -0.4 is 19.9 Å². The van der Waals surface area contributed by atoms with Gasteiger partial charge in [0.1, 0.15) is 19.0 Å². The molecule has 1 aromatic rings. The molecule has 1 aliphatic heterocycles. The summed E-state index contributed by atoms with van der Waals surface area (Å²) in [6, 6.07) is 3.72. The number of rotatable bonds is 4. The van der Waals surface area contributed by atoms with Crippen molar-refractivity contribution in [2.24, 2.45) is 5.73 Å². The van der Waals surface area contributed by atoms with Gasteiger partial charge in [-0.15, -0.1) is 0 Å². The molecule has 0 fully saturated rings. The van der Waals surface area contributed by atoms with Crippen LogP contribution in [0, 0.1) is 0 Å². The maximum absolute atomic E-state index is 5.55. The van der Waals surface area contributed by atoms with Crippen molar-refractivity contribution in [2.45, 2.75) is 6.42 Å². The molecule has 0 saturated heterocycles. The molecule has 0 radical (unpaired) electrons. The smallest absolute Gasteiger partial charge is 0.175 e. The van der Waals surface area contributed by atoms with E-state index >= 15 is 0 Å². The first-order valence-electron chi connectivity index (χ1n) is 5.23. The summed E-state index contributed by atoms with van der Waals surface area (Å²) in [5.74, 6) is 2.24. The highest BCUT2D eigenvalue weighted by molar-refractivity contribution is 9.10. The molecule has 0 bridgehead atoms. The third-order valence-corrected chi connectivity index (χ3v) is 2.78. The van der Waals surface area contributed by atoms with Crippen molar-refractivity contribution in [1.82, 2.24) is 0 Å². The Morgan fingerprint density at radius 1 is 1.31 bits per heavy atom. The second-order valence-electron chi connectivity index (χ2n) is 3.42. The molecule has 1 aromatic carbocycles. The van der Waals surface area contributed by atoms with E-state index in [2.05, 4.69) is 15.9 Å². The second-order valence-corrected chi connectivity index (χ2v) is 4.27. The number of hydrogen-bond acceptors (Lipinski definition) is 4. The topological polar surface area (TPSA) is 53.7 Å². The molecule has 0 spiro atoms. The summed E-state index contributed by atoms with van der Waals surface area (Å²) < 4.78 is 17.4. The molecule has 0 unspecified atom stereocenters. The molecule has 0 atom stereocenters. The number of hydrogen-bond donors (Lipinski definition) is 1. The highest BCUT2D eigenvalue weighted by Gasteiger charge is 2.16. The monoisotopic (exact) mass is 287 g/mol. The lowest BCUT2D eigenvalue weighted by Crippen LogP contribution is -2.16. The van der Waals surface area contributed by atoms with Gasteiger partial charge >= 0.3 is 0 Å². The van der Waals surface area contributed by atoms with Gasteiger partial charge in [-0.3, -0.25) is 0 Å². The molecule has 88 valence electrons. The lowest BCUT2D eigenvalue weighted by atomic mass is 10.3. The molecule has 16 heavy (non-hydrogen) atoms. The summed E-state index contributed by atoms with van der Waals surface area (Å²) in [7, 11) is 0. The van der Waals surface area contributed by atoms with Crippen molar-refractivity contribution in [2.75, 3.05) is 26.4 Å². The minimum atomic E-state index is 0.575. The largest absolute Gasteiger partial charge is 0.493 e.